The second-order valence-corrected chi connectivity index (χ2v) is 6.45. The van der Waals surface area contributed by atoms with Crippen molar-refractivity contribution in [2.24, 2.45) is 11.7 Å². The number of imidazole rings is 1. The summed E-state index contributed by atoms with van der Waals surface area (Å²) >= 11 is 0. The molecular weight excluding hydrogens is 358 g/mol. The number of carbonyl (C=O) groups is 4. The molecule has 0 bridgehead atoms. The van der Waals surface area contributed by atoms with Crippen LogP contribution in [0.15, 0.2) is 12.5 Å². The molecule has 27 heavy (non-hydrogen) atoms. The lowest BCUT2D eigenvalue weighted by molar-refractivity contribution is -0.143. The van der Waals surface area contributed by atoms with Gasteiger partial charge in [-0.2, -0.15) is 0 Å². The van der Waals surface area contributed by atoms with Crippen LogP contribution in [0, 0.1) is 5.92 Å². The number of carboxylic acids is 2. The van der Waals surface area contributed by atoms with Crippen molar-refractivity contribution in [3.63, 3.8) is 0 Å². The highest BCUT2D eigenvalue weighted by Gasteiger charge is 2.30. The molecule has 0 aliphatic rings. The summed E-state index contributed by atoms with van der Waals surface area (Å²) in [6.07, 6.45) is 2.49. The van der Waals surface area contributed by atoms with E-state index < -0.39 is 48.3 Å². The predicted molar refractivity (Wildman–Crippen MR) is 93.5 cm³/mol. The van der Waals surface area contributed by atoms with Crippen molar-refractivity contribution in [2.45, 2.75) is 51.2 Å². The molecule has 3 atom stereocenters. The molecule has 0 saturated heterocycles. The Labute approximate surface area is 155 Å². The van der Waals surface area contributed by atoms with Crippen LogP contribution in [-0.4, -0.2) is 62.1 Å². The first-order chi connectivity index (χ1) is 12.6. The zero-order valence-electron chi connectivity index (χ0n) is 15.1. The molecule has 3 unspecified atom stereocenters. The number of carboxylic acid groups (broad SMARTS) is 2. The molecule has 2 amide bonds. The van der Waals surface area contributed by atoms with Crippen LogP contribution < -0.4 is 16.4 Å². The van der Waals surface area contributed by atoms with E-state index in [2.05, 4.69) is 20.6 Å². The Balaban J connectivity index is 2.71. The number of H-pyrrole nitrogens is 1. The van der Waals surface area contributed by atoms with E-state index in [0.29, 0.717) is 5.69 Å². The molecule has 7 N–H and O–H groups in total. The van der Waals surface area contributed by atoms with Crippen LogP contribution in [0.25, 0.3) is 0 Å². The first-order valence-electron chi connectivity index (χ1n) is 8.40. The Hall–Kier alpha value is -2.95. The molecule has 0 aromatic carbocycles. The van der Waals surface area contributed by atoms with Gasteiger partial charge in [-0.15, -0.1) is 0 Å². The normalized spacial score (nSPS) is 14.2. The van der Waals surface area contributed by atoms with Crippen LogP contribution in [0.4, 0.5) is 0 Å². The number of rotatable bonds is 11. The third kappa shape index (κ3) is 7.44. The highest BCUT2D eigenvalue weighted by molar-refractivity contribution is 5.92. The van der Waals surface area contributed by atoms with Gasteiger partial charge in [-0.1, -0.05) is 13.8 Å². The van der Waals surface area contributed by atoms with Crippen molar-refractivity contribution < 1.29 is 29.4 Å². The first-order valence-corrected chi connectivity index (χ1v) is 8.40. The monoisotopic (exact) mass is 383 g/mol. The number of hydrogen-bond donors (Lipinski definition) is 6. The molecule has 0 saturated carbocycles. The number of nitrogens with zero attached hydrogens (tertiary/aromatic N) is 1. The molecule has 0 radical (unpaired) electrons. The smallest absolute Gasteiger partial charge is 0.326 e. The van der Waals surface area contributed by atoms with Gasteiger partial charge in [-0.25, -0.2) is 9.78 Å². The summed E-state index contributed by atoms with van der Waals surface area (Å²) in [5.74, 6) is -4.16. The molecule has 11 nitrogen and oxygen atoms in total. The van der Waals surface area contributed by atoms with Crippen LogP contribution >= 0.6 is 0 Å². The maximum absolute atomic E-state index is 12.4. The standard InChI is InChI=1S/C16H25N5O6/c1-8(2)13(15(25)20-11(16(26)27)3-4-12(22)23)21-14(24)10(17)5-9-6-18-7-19-9/h6-8,10-11,13H,3-5,17H2,1-2H3,(H,18,19)(H,20,25)(H,21,24)(H,22,23)(H,26,27). The topological polar surface area (TPSA) is 187 Å². The third-order valence-electron chi connectivity index (χ3n) is 3.84. The minimum atomic E-state index is -1.37. The molecule has 1 aromatic heterocycles. The first kappa shape index (κ1) is 22.1. The van der Waals surface area contributed by atoms with Gasteiger partial charge < -0.3 is 31.6 Å². The van der Waals surface area contributed by atoms with Gasteiger partial charge in [0, 0.05) is 24.7 Å². The number of carbonyl (C=O) groups excluding carboxylic acids is 2. The SMILES string of the molecule is CC(C)C(NC(=O)C(N)Cc1cnc[nH]1)C(=O)NC(CCC(=O)O)C(=O)O. The fourth-order valence-electron chi connectivity index (χ4n) is 2.31. The van der Waals surface area contributed by atoms with E-state index in [0.717, 1.165) is 0 Å². The van der Waals surface area contributed by atoms with Gasteiger partial charge in [0.1, 0.15) is 12.1 Å². The van der Waals surface area contributed by atoms with Crippen molar-refractivity contribution >= 4 is 23.8 Å². The Morgan fingerprint density at radius 2 is 1.85 bits per heavy atom. The average Bonchev–Trinajstić information content (AvgIpc) is 3.07. The maximum atomic E-state index is 12.4. The molecule has 0 spiro atoms. The van der Waals surface area contributed by atoms with Crippen molar-refractivity contribution in [1.29, 1.82) is 0 Å². The molecule has 1 rings (SSSR count). The fourth-order valence-corrected chi connectivity index (χ4v) is 2.31. The van der Waals surface area contributed by atoms with Crippen LogP contribution in [0.3, 0.4) is 0 Å². The molecule has 11 heteroatoms. The zero-order valence-corrected chi connectivity index (χ0v) is 15.1. The summed E-state index contributed by atoms with van der Waals surface area (Å²) < 4.78 is 0. The summed E-state index contributed by atoms with van der Waals surface area (Å²) in [4.78, 5) is 53.2. The Morgan fingerprint density at radius 3 is 2.33 bits per heavy atom. The fraction of sp³-hybridized carbons (Fsp3) is 0.562. The van der Waals surface area contributed by atoms with Gasteiger partial charge in [-0.05, 0) is 12.3 Å². The van der Waals surface area contributed by atoms with Crippen molar-refractivity contribution in [3.8, 4) is 0 Å². The Morgan fingerprint density at radius 1 is 1.19 bits per heavy atom. The molecule has 0 aliphatic heterocycles. The summed E-state index contributed by atoms with van der Waals surface area (Å²) in [5, 5.41) is 22.6. The second-order valence-electron chi connectivity index (χ2n) is 6.45. The van der Waals surface area contributed by atoms with Crippen molar-refractivity contribution in [1.82, 2.24) is 20.6 Å². The van der Waals surface area contributed by atoms with Gasteiger partial charge >= 0.3 is 11.9 Å². The summed E-state index contributed by atoms with van der Waals surface area (Å²) in [6.45, 7) is 3.36. The number of nitrogens with two attached hydrogens (primary N) is 1. The lowest BCUT2D eigenvalue weighted by Gasteiger charge is -2.25. The molecule has 1 aromatic rings. The van der Waals surface area contributed by atoms with Crippen LogP contribution in [-0.2, 0) is 25.6 Å². The lowest BCUT2D eigenvalue weighted by Crippen LogP contribution is -2.56. The number of nitrogens with one attached hydrogen (secondary N) is 3. The third-order valence-corrected chi connectivity index (χ3v) is 3.84. The van der Waals surface area contributed by atoms with E-state index in [9.17, 15) is 19.2 Å². The van der Waals surface area contributed by atoms with E-state index in [1.54, 1.807) is 13.8 Å². The van der Waals surface area contributed by atoms with Gasteiger partial charge in [0.25, 0.3) is 0 Å². The number of aromatic nitrogens is 2. The minimum absolute atomic E-state index is 0.189. The quantitative estimate of drug-likeness (QED) is 0.276. The molecule has 0 aliphatic carbocycles. The van der Waals surface area contributed by atoms with E-state index in [4.69, 9.17) is 15.9 Å². The largest absolute Gasteiger partial charge is 0.481 e. The highest BCUT2D eigenvalue weighted by Crippen LogP contribution is 2.06. The number of amides is 2. The highest BCUT2D eigenvalue weighted by atomic mass is 16.4. The van der Waals surface area contributed by atoms with E-state index >= 15 is 0 Å². The Bertz CT molecular complexity index is 660. The summed E-state index contributed by atoms with van der Waals surface area (Å²) in [5.41, 5.74) is 6.49. The second kappa shape index (κ2) is 10.3. The number of hydrogen-bond acceptors (Lipinski definition) is 6. The molecule has 1 heterocycles. The average molecular weight is 383 g/mol. The maximum Gasteiger partial charge on any atom is 0.326 e. The van der Waals surface area contributed by atoms with Crippen molar-refractivity contribution in [2.75, 3.05) is 0 Å². The number of aromatic amines is 1. The van der Waals surface area contributed by atoms with Crippen LogP contribution in [0.5, 0.6) is 0 Å². The van der Waals surface area contributed by atoms with E-state index in [1.807, 2.05) is 0 Å². The minimum Gasteiger partial charge on any atom is -0.481 e. The zero-order chi connectivity index (χ0) is 20.6. The molecule has 0 fully saturated rings. The van der Waals surface area contributed by atoms with Crippen molar-refractivity contribution in [3.05, 3.63) is 18.2 Å². The van der Waals surface area contributed by atoms with Crippen LogP contribution in [0.1, 0.15) is 32.4 Å². The van der Waals surface area contributed by atoms with E-state index in [-0.39, 0.29) is 18.8 Å². The van der Waals surface area contributed by atoms with Gasteiger partial charge in [0.2, 0.25) is 11.8 Å². The summed E-state index contributed by atoms with van der Waals surface area (Å²) in [6, 6.07) is -3.32. The predicted octanol–water partition coefficient (Wildman–Crippen LogP) is -1.15. The number of aliphatic carboxylic acids is 2. The molecule has 150 valence electrons. The Kier molecular flexibility index (Phi) is 8.39. The van der Waals surface area contributed by atoms with Crippen LogP contribution in [0.2, 0.25) is 0 Å². The summed E-state index contributed by atoms with van der Waals surface area (Å²) in [7, 11) is 0. The van der Waals surface area contributed by atoms with E-state index in [1.165, 1.54) is 12.5 Å². The molecular formula is C16H25N5O6. The van der Waals surface area contributed by atoms with Gasteiger partial charge in [-0.3, -0.25) is 14.4 Å². The van der Waals surface area contributed by atoms with Gasteiger partial charge in [0.05, 0.1) is 12.4 Å². The van der Waals surface area contributed by atoms with Gasteiger partial charge in [0.15, 0.2) is 0 Å². The lowest BCUT2D eigenvalue weighted by atomic mass is 10.0.